The highest BCUT2D eigenvalue weighted by molar-refractivity contribution is 6.23. The van der Waals surface area contributed by atoms with Gasteiger partial charge in [0.15, 0.2) is 6.10 Å². The Bertz CT molecular complexity index is 1150. The number of hydrogen-bond acceptors (Lipinski definition) is 5. The molecule has 0 bridgehead atoms. The molecule has 3 atom stereocenters. The minimum Gasteiger partial charge on any atom is -0.478 e. The number of benzene rings is 3. The first-order chi connectivity index (χ1) is 15.1. The van der Waals surface area contributed by atoms with Crippen LogP contribution in [0.5, 0.6) is 0 Å². The third kappa shape index (κ3) is 3.06. The summed E-state index contributed by atoms with van der Waals surface area (Å²) in [4.78, 5) is 45.1. The van der Waals surface area contributed by atoms with Gasteiger partial charge in [-0.1, -0.05) is 48.5 Å². The summed E-state index contributed by atoms with van der Waals surface area (Å²) in [7, 11) is 0. The number of rotatable bonds is 4. The van der Waals surface area contributed by atoms with Gasteiger partial charge in [-0.15, -0.1) is 0 Å². The molecule has 3 aromatic rings. The Morgan fingerprint density at radius 1 is 0.774 bits per heavy atom. The largest absolute Gasteiger partial charge is 0.478 e. The van der Waals surface area contributed by atoms with E-state index in [9.17, 15) is 19.5 Å². The molecule has 2 aliphatic rings. The number of carboxylic acids is 1. The molecule has 154 valence electrons. The predicted molar refractivity (Wildman–Crippen MR) is 112 cm³/mol. The molecule has 7 heteroatoms. The number of fused-ring (bicyclic) bond motifs is 1. The summed E-state index contributed by atoms with van der Waals surface area (Å²) in [5, 5.41) is 10.8. The van der Waals surface area contributed by atoms with Crippen molar-refractivity contribution in [1.29, 1.82) is 0 Å². The molecule has 0 aliphatic carbocycles. The van der Waals surface area contributed by atoms with Crippen LogP contribution in [0.3, 0.4) is 0 Å². The molecule has 2 aliphatic heterocycles. The second kappa shape index (κ2) is 7.37. The van der Waals surface area contributed by atoms with Crippen molar-refractivity contribution in [2.75, 3.05) is 9.96 Å². The molecular formula is C24H18N2O5. The third-order valence-electron chi connectivity index (χ3n) is 5.64. The monoisotopic (exact) mass is 414 g/mol. The van der Waals surface area contributed by atoms with E-state index in [-0.39, 0.29) is 11.5 Å². The quantitative estimate of drug-likeness (QED) is 0.658. The van der Waals surface area contributed by atoms with Crippen molar-refractivity contribution in [3.63, 3.8) is 0 Å². The van der Waals surface area contributed by atoms with E-state index < -0.39 is 29.9 Å². The number of amides is 2. The van der Waals surface area contributed by atoms with Gasteiger partial charge in [0, 0.05) is 0 Å². The molecule has 2 saturated heterocycles. The molecule has 1 N–H and O–H groups in total. The highest BCUT2D eigenvalue weighted by atomic mass is 16.7. The van der Waals surface area contributed by atoms with Gasteiger partial charge in [0.25, 0.3) is 5.91 Å². The Labute approximate surface area is 178 Å². The molecule has 31 heavy (non-hydrogen) atoms. The number of aromatic carboxylic acids is 1. The van der Waals surface area contributed by atoms with Gasteiger partial charge in [-0.25, -0.2) is 14.8 Å². The van der Waals surface area contributed by atoms with Crippen molar-refractivity contribution in [2.45, 2.75) is 12.1 Å². The first-order valence-corrected chi connectivity index (χ1v) is 9.83. The lowest BCUT2D eigenvalue weighted by Crippen LogP contribution is -2.37. The number of hydrogen-bond donors (Lipinski definition) is 1. The maximum Gasteiger partial charge on any atom is 0.335 e. The SMILES string of the molecule is O=C(O)c1ccc([C@@H]2[C@H]3C(=O)N(c4ccccc4)C(=O)[C@H]3ON2c2ccccc2)cc1. The highest BCUT2D eigenvalue weighted by Crippen LogP contribution is 2.47. The standard InChI is InChI=1S/C24H18N2O5/c27-22-19-20(15-11-13-16(14-12-15)24(29)30)26(18-9-5-2-6-10-18)31-21(19)23(28)25(22)17-7-3-1-4-8-17/h1-14,19-21H,(H,29,30)/t19-,20-,21+/m1/s1. The van der Waals surface area contributed by atoms with E-state index in [0.717, 1.165) is 0 Å². The first-order valence-electron chi connectivity index (χ1n) is 9.83. The average molecular weight is 414 g/mol. The first kappa shape index (κ1) is 19.0. The Balaban J connectivity index is 1.58. The fourth-order valence-electron chi connectivity index (χ4n) is 4.21. The van der Waals surface area contributed by atoms with Crippen molar-refractivity contribution >= 4 is 29.2 Å². The number of para-hydroxylation sites is 2. The van der Waals surface area contributed by atoms with Crippen molar-refractivity contribution < 1.29 is 24.3 Å². The Morgan fingerprint density at radius 2 is 1.35 bits per heavy atom. The number of imide groups is 1. The minimum atomic E-state index is -1.03. The number of carboxylic acid groups (broad SMARTS) is 1. The van der Waals surface area contributed by atoms with Crippen LogP contribution in [0.1, 0.15) is 22.0 Å². The summed E-state index contributed by atoms with van der Waals surface area (Å²) >= 11 is 0. The second-order valence-corrected chi connectivity index (χ2v) is 7.43. The van der Waals surface area contributed by atoms with E-state index in [1.54, 1.807) is 41.5 Å². The highest BCUT2D eigenvalue weighted by Gasteiger charge is 2.60. The molecule has 2 amide bonds. The topological polar surface area (TPSA) is 87.2 Å². The minimum absolute atomic E-state index is 0.144. The normalized spacial score (nSPS) is 22.6. The van der Waals surface area contributed by atoms with Crippen molar-refractivity contribution in [3.8, 4) is 0 Å². The lowest BCUT2D eigenvalue weighted by atomic mass is 9.90. The molecule has 0 unspecified atom stereocenters. The Morgan fingerprint density at radius 3 is 1.94 bits per heavy atom. The zero-order valence-electron chi connectivity index (χ0n) is 16.3. The molecule has 0 saturated carbocycles. The number of hydroxylamine groups is 1. The van der Waals surface area contributed by atoms with Crippen LogP contribution in [0.15, 0.2) is 84.9 Å². The lowest BCUT2D eigenvalue weighted by Gasteiger charge is -2.28. The molecule has 5 rings (SSSR count). The van der Waals surface area contributed by atoms with Gasteiger partial charge in [0.05, 0.1) is 23.0 Å². The fourth-order valence-corrected chi connectivity index (χ4v) is 4.21. The molecular weight excluding hydrogens is 396 g/mol. The molecule has 7 nitrogen and oxygen atoms in total. The van der Waals surface area contributed by atoms with Gasteiger partial charge in [-0.3, -0.25) is 14.4 Å². The summed E-state index contributed by atoms with van der Waals surface area (Å²) in [5.41, 5.74) is 2.04. The Hall–Kier alpha value is -3.97. The zero-order valence-corrected chi connectivity index (χ0v) is 16.3. The average Bonchev–Trinajstić information content (AvgIpc) is 3.31. The van der Waals surface area contributed by atoms with Gasteiger partial charge in [0.2, 0.25) is 5.91 Å². The fraction of sp³-hybridized carbons (Fsp3) is 0.125. The number of anilines is 2. The summed E-state index contributed by atoms with van der Waals surface area (Å²) in [6, 6.07) is 23.7. The smallest absolute Gasteiger partial charge is 0.335 e. The van der Waals surface area contributed by atoms with Crippen LogP contribution in [-0.4, -0.2) is 29.0 Å². The number of carbonyl (C=O) groups excluding carboxylic acids is 2. The van der Waals surface area contributed by atoms with E-state index in [2.05, 4.69) is 0 Å². The van der Waals surface area contributed by atoms with E-state index >= 15 is 0 Å². The van der Waals surface area contributed by atoms with Crippen LogP contribution < -0.4 is 9.96 Å². The summed E-state index contributed by atoms with van der Waals surface area (Å²) in [5.74, 6) is -2.54. The van der Waals surface area contributed by atoms with Gasteiger partial charge in [0.1, 0.15) is 5.92 Å². The van der Waals surface area contributed by atoms with E-state index in [1.165, 1.54) is 17.0 Å². The maximum atomic E-state index is 13.4. The molecule has 0 aromatic heterocycles. The van der Waals surface area contributed by atoms with E-state index in [4.69, 9.17) is 4.84 Å². The van der Waals surface area contributed by atoms with Gasteiger partial charge in [-0.2, -0.15) is 0 Å². The summed E-state index contributed by atoms with van der Waals surface area (Å²) in [6.07, 6.45) is -0.961. The zero-order chi connectivity index (χ0) is 21.5. The number of carbonyl (C=O) groups is 3. The van der Waals surface area contributed by atoms with Gasteiger partial charge >= 0.3 is 5.97 Å². The van der Waals surface area contributed by atoms with Crippen LogP contribution in [0.4, 0.5) is 11.4 Å². The molecule has 2 fully saturated rings. The van der Waals surface area contributed by atoms with Gasteiger partial charge in [-0.05, 0) is 42.0 Å². The van der Waals surface area contributed by atoms with Crippen LogP contribution >= 0.6 is 0 Å². The Kier molecular flexibility index (Phi) is 4.52. The van der Waals surface area contributed by atoms with Crippen molar-refractivity contribution in [1.82, 2.24) is 0 Å². The van der Waals surface area contributed by atoms with Crippen molar-refractivity contribution in [2.24, 2.45) is 5.92 Å². The molecule has 0 radical (unpaired) electrons. The number of nitrogens with zero attached hydrogens (tertiary/aromatic N) is 2. The van der Waals surface area contributed by atoms with Crippen LogP contribution in [0.25, 0.3) is 0 Å². The van der Waals surface area contributed by atoms with E-state index in [0.29, 0.717) is 16.9 Å². The molecule has 0 spiro atoms. The predicted octanol–water partition coefficient (Wildman–Crippen LogP) is 3.44. The third-order valence-corrected chi connectivity index (χ3v) is 5.64. The molecule has 2 heterocycles. The summed E-state index contributed by atoms with van der Waals surface area (Å²) < 4.78 is 0. The summed E-state index contributed by atoms with van der Waals surface area (Å²) in [6.45, 7) is 0. The maximum absolute atomic E-state index is 13.4. The van der Waals surface area contributed by atoms with Crippen LogP contribution in [0, 0.1) is 5.92 Å². The van der Waals surface area contributed by atoms with Crippen LogP contribution in [0.2, 0.25) is 0 Å². The molecule has 3 aromatic carbocycles. The van der Waals surface area contributed by atoms with Crippen LogP contribution in [-0.2, 0) is 14.4 Å². The second-order valence-electron chi connectivity index (χ2n) is 7.43. The van der Waals surface area contributed by atoms with E-state index in [1.807, 2.05) is 36.4 Å². The van der Waals surface area contributed by atoms with Crippen molar-refractivity contribution in [3.05, 3.63) is 96.1 Å². The van der Waals surface area contributed by atoms with Gasteiger partial charge < -0.3 is 5.11 Å². The lowest BCUT2D eigenvalue weighted by molar-refractivity contribution is -0.126.